The Morgan fingerprint density at radius 1 is 1.03 bits per heavy atom. The lowest BCUT2D eigenvalue weighted by atomic mass is 9.79. The van der Waals surface area contributed by atoms with E-state index in [9.17, 15) is 13.2 Å². The first-order chi connectivity index (χ1) is 15.8. The second kappa shape index (κ2) is 11.5. The van der Waals surface area contributed by atoms with E-state index < -0.39 is 12.1 Å². The quantitative estimate of drug-likeness (QED) is 0.694. The monoisotopic (exact) mass is 465 g/mol. The topological polar surface area (TPSA) is 65.9 Å². The number of ether oxygens (including phenoxy) is 1. The van der Waals surface area contributed by atoms with E-state index in [1.165, 1.54) is 51.1 Å². The van der Waals surface area contributed by atoms with E-state index in [-0.39, 0.29) is 0 Å². The number of aliphatic carboxylic acids is 1. The summed E-state index contributed by atoms with van der Waals surface area (Å²) in [6.07, 6.45) is 0.802. The minimum absolute atomic E-state index is 0.472. The molecule has 0 amide bonds. The summed E-state index contributed by atoms with van der Waals surface area (Å²) in [7, 11) is 0. The van der Waals surface area contributed by atoms with Crippen molar-refractivity contribution in [1.29, 1.82) is 0 Å². The zero-order valence-electron chi connectivity index (χ0n) is 18.5. The summed E-state index contributed by atoms with van der Waals surface area (Å²) in [6.45, 7) is 7.61. The first-order valence-corrected chi connectivity index (χ1v) is 11.1. The minimum atomic E-state index is -5.08. The van der Waals surface area contributed by atoms with Gasteiger partial charge in [0.15, 0.2) is 0 Å². The summed E-state index contributed by atoms with van der Waals surface area (Å²) in [5.74, 6) is -1.78. The van der Waals surface area contributed by atoms with Gasteiger partial charge in [-0.15, -0.1) is 0 Å². The zero-order chi connectivity index (χ0) is 23.7. The van der Waals surface area contributed by atoms with Gasteiger partial charge in [-0.25, -0.2) is 4.79 Å². The van der Waals surface area contributed by atoms with Gasteiger partial charge in [-0.1, -0.05) is 24.3 Å². The van der Waals surface area contributed by atoms with Gasteiger partial charge < -0.3 is 9.84 Å². The Labute approximate surface area is 192 Å². The van der Waals surface area contributed by atoms with Gasteiger partial charge in [-0.3, -0.25) is 14.8 Å². The number of hydrogen-bond acceptors (Lipinski definition) is 5. The van der Waals surface area contributed by atoms with E-state index in [0.717, 1.165) is 25.4 Å². The molecule has 3 heterocycles. The van der Waals surface area contributed by atoms with Crippen LogP contribution in [0.5, 0.6) is 5.75 Å². The van der Waals surface area contributed by atoms with Crippen LogP contribution in [0.3, 0.4) is 0 Å². The number of para-hydroxylation sites is 1. The first kappa shape index (κ1) is 25.0. The molecule has 0 radical (unpaired) electrons. The standard InChI is InChI=1S/C22H29N3O.C2HF3O2/c1-2-8-21(9-3-1)26-16-15-24-13-6-10-22(18-24)11-14-25(19-22)17-20-7-4-5-12-23-20;3-2(4,5)1(6)7/h1-5,7-9,12H,6,10-11,13-19H2;(H,6,7). The Morgan fingerprint density at radius 2 is 1.73 bits per heavy atom. The molecule has 1 aromatic carbocycles. The molecule has 2 aliphatic rings. The van der Waals surface area contributed by atoms with Crippen molar-refractivity contribution in [3.8, 4) is 5.75 Å². The molecular formula is C24H30F3N3O3. The number of carbonyl (C=O) groups is 1. The summed E-state index contributed by atoms with van der Waals surface area (Å²) in [6, 6.07) is 16.4. The van der Waals surface area contributed by atoms with E-state index in [0.29, 0.717) is 5.41 Å². The molecule has 0 bridgehead atoms. The van der Waals surface area contributed by atoms with Crippen molar-refractivity contribution in [1.82, 2.24) is 14.8 Å². The van der Waals surface area contributed by atoms with Crippen LogP contribution >= 0.6 is 0 Å². The van der Waals surface area contributed by atoms with Crippen molar-refractivity contribution >= 4 is 5.97 Å². The number of carboxylic acid groups (broad SMARTS) is 1. The third kappa shape index (κ3) is 8.01. The number of rotatable bonds is 6. The van der Waals surface area contributed by atoms with Gasteiger partial charge >= 0.3 is 12.1 Å². The molecule has 2 saturated heterocycles. The van der Waals surface area contributed by atoms with Crippen LogP contribution in [0, 0.1) is 5.41 Å². The van der Waals surface area contributed by atoms with Crippen molar-refractivity contribution < 1.29 is 27.8 Å². The highest BCUT2D eigenvalue weighted by Crippen LogP contribution is 2.39. The molecule has 2 fully saturated rings. The average Bonchev–Trinajstić information content (AvgIpc) is 3.16. The average molecular weight is 466 g/mol. The smallest absolute Gasteiger partial charge is 0.490 e. The number of likely N-dealkylation sites (tertiary alicyclic amines) is 2. The van der Waals surface area contributed by atoms with Crippen molar-refractivity contribution in [3.05, 3.63) is 60.4 Å². The normalized spacial score (nSPS) is 21.4. The van der Waals surface area contributed by atoms with E-state index in [4.69, 9.17) is 14.6 Å². The maximum atomic E-state index is 10.6. The number of carboxylic acids is 1. The lowest BCUT2D eigenvalue weighted by Gasteiger charge is -2.40. The second-order valence-corrected chi connectivity index (χ2v) is 8.63. The number of pyridine rings is 1. The van der Waals surface area contributed by atoms with Crippen LogP contribution in [0.4, 0.5) is 13.2 Å². The number of alkyl halides is 3. The highest BCUT2D eigenvalue weighted by atomic mass is 19.4. The van der Waals surface area contributed by atoms with Crippen LogP contribution in [-0.4, -0.2) is 71.4 Å². The van der Waals surface area contributed by atoms with Crippen LogP contribution in [0.15, 0.2) is 54.7 Å². The predicted octanol–water partition coefficient (Wildman–Crippen LogP) is 4.08. The molecule has 1 aromatic heterocycles. The van der Waals surface area contributed by atoms with Crippen molar-refractivity contribution in [2.45, 2.75) is 32.0 Å². The van der Waals surface area contributed by atoms with E-state index >= 15 is 0 Å². The van der Waals surface area contributed by atoms with Crippen LogP contribution in [0.25, 0.3) is 0 Å². The van der Waals surface area contributed by atoms with Crippen LogP contribution in [-0.2, 0) is 11.3 Å². The number of nitrogens with zero attached hydrogens (tertiary/aromatic N) is 3. The third-order valence-electron chi connectivity index (χ3n) is 6.03. The first-order valence-electron chi connectivity index (χ1n) is 11.1. The molecule has 2 aliphatic heterocycles. The Balaban J connectivity index is 0.000000383. The summed E-state index contributed by atoms with van der Waals surface area (Å²) < 4.78 is 37.6. The molecule has 0 aliphatic carbocycles. The summed E-state index contributed by atoms with van der Waals surface area (Å²) in [5, 5.41) is 7.12. The van der Waals surface area contributed by atoms with Gasteiger partial charge in [0.25, 0.3) is 0 Å². The molecule has 2 aromatic rings. The van der Waals surface area contributed by atoms with Gasteiger partial charge in [0.05, 0.1) is 5.69 Å². The van der Waals surface area contributed by atoms with Crippen molar-refractivity contribution in [3.63, 3.8) is 0 Å². The minimum Gasteiger partial charge on any atom is -0.492 e. The van der Waals surface area contributed by atoms with Gasteiger partial charge in [0.2, 0.25) is 0 Å². The second-order valence-electron chi connectivity index (χ2n) is 8.63. The molecule has 1 atom stereocenters. The van der Waals surface area contributed by atoms with Crippen LogP contribution in [0.2, 0.25) is 0 Å². The fraction of sp³-hybridized carbons (Fsp3) is 0.500. The lowest BCUT2D eigenvalue weighted by Crippen LogP contribution is -2.46. The van der Waals surface area contributed by atoms with E-state index in [1.54, 1.807) is 0 Å². The fourth-order valence-electron chi connectivity index (χ4n) is 4.53. The van der Waals surface area contributed by atoms with Gasteiger partial charge in [-0.2, -0.15) is 13.2 Å². The highest BCUT2D eigenvalue weighted by Gasteiger charge is 2.41. The maximum Gasteiger partial charge on any atom is 0.490 e. The molecule has 33 heavy (non-hydrogen) atoms. The summed E-state index contributed by atoms with van der Waals surface area (Å²) in [5.41, 5.74) is 1.66. The fourth-order valence-corrected chi connectivity index (χ4v) is 4.53. The maximum absolute atomic E-state index is 10.6. The Bertz CT molecular complexity index is 868. The van der Waals surface area contributed by atoms with Gasteiger partial charge in [-0.05, 0) is 62.0 Å². The molecular weight excluding hydrogens is 435 g/mol. The Hall–Kier alpha value is -2.65. The molecule has 4 rings (SSSR count). The number of hydrogen-bond donors (Lipinski definition) is 1. The molecule has 6 nitrogen and oxygen atoms in total. The zero-order valence-corrected chi connectivity index (χ0v) is 18.5. The van der Waals surface area contributed by atoms with E-state index in [2.05, 4.69) is 26.9 Å². The summed E-state index contributed by atoms with van der Waals surface area (Å²) >= 11 is 0. The number of aromatic nitrogens is 1. The highest BCUT2D eigenvalue weighted by molar-refractivity contribution is 5.73. The van der Waals surface area contributed by atoms with Gasteiger partial charge in [0, 0.05) is 32.4 Å². The molecule has 1 unspecified atom stereocenters. The van der Waals surface area contributed by atoms with Crippen LogP contribution in [0.1, 0.15) is 25.0 Å². The molecule has 0 saturated carbocycles. The largest absolute Gasteiger partial charge is 0.492 e. The Morgan fingerprint density at radius 3 is 2.39 bits per heavy atom. The number of benzene rings is 1. The summed E-state index contributed by atoms with van der Waals surface area (Å²) in [4.78, 5) is 18.6. The van der Waals surface area contributed by atoms with Crippen molar-refractivity contribution in [2.75, 3.05) is 39.3 Å². The van der Waals surface area contributed by atoms with Crippen LogP contribution < -0.4 is 4.74 Å². The molecule has 180 valence electrons. The lowest BCUT2D eigenvalue weighted by molar-refractivity contribution is -0.192. The molecule has 1 spiro atoms. The Kier molecular flexibility index (Phi) is 8.68. The molecule has 1 N–H and O–H groups in total. The van der Waals surface area contributed by atoms with Gasteiger partial charge in [0.1, 0.15) is 12.4 Å². The van der Waals surface area contributed by atoms with Crippen molar-refractivity contribution in [2.24, 2.45) is 5.41 Å². The molecule has 9 heteroatoms. The van der Waals surface area contributed by atoms with E-state index in [1.807, 2.05) is 42.6 Å². The predicted molar refractivity (Wildman–Crippen MR) is 118 cm³/mol. The SMILES string of the molecule is O=C(O)C(F)(F)F.c1ccc(OCCN2CCCC3(CCN(Cc4ccccn4)C3)C2)cc1. The number of piperidine rings is 1. The number of halogens is 3. The third-order valence-corrected chi connectivity index (χ3v) is 6.03.